The van der Waals surface area contributed by atoms with Crippen LogP contribution in [0.25, 0.3) is 6.08 Å². The van der Waals surface area contributed by atoms with Crippen molar-refractivity contribution < 1.29 is 43.7 Å². The van der Waals surface area contributed by atoms with Gasteiger partial charge in [-0.2, -0.15) is 0 Å². The number of hydrogen-bond donors (Lipinski definition) is 2. The van der Waals surface area contributed by atoms with E-state index in [0.29, 0.717) is 48.0 Å². The van der Waals surface area contributed by atoms with Gasteiger partial charge in [-0.05, 0) is 62.3 Å². The van der Waals surface area contributed by atoms with Crippen LogP contribution in [-0.2, 0) is 24.0 Å². The molecule has 226 valence electrons. The molecule has 0 saturated carbocycles. The lowest BCUT2D eigenvalue weighted by molar-refractivity contribution is -0.141. The average molecular weight is 590 g/mol. The molecular formula is C33H35NO9. The maximum absolute atomic E-state index is 13.7. The van der Waals surface area contributed by atoms with Gasteiger partial charge in [0.25, 0.3) is 0 Å². The molecule has 1 saturated heterocycles. The molecule has 2 amide bonds. The van der Waals surface area contributed by atoms with Crippen molar-refractivity contribution in [2.24, 2.45) is 23.7 Å². The van der Waals surface area contributed by atoms with E-state index >= 15 is 0 Å². The first-order chi connectivity index (χ1) is 20.6. The average Bonchev–Trinajstić information content (AvgIpc) is 3.23. The van der Waals surface area contributed by atoms with Crippen LogP contribution >= 0.6 is 0 Å². The molecule has 0 bridgehead atoms. The third-order valence-electron chi connectivity index (χ3n) is 8.96. The fraction of sp³-hybridized carbons (Fsp3) is 0.424. The molecule has 3 aliphatic carbocycles. The number of carbonyl (C=O) groups is 5. The number of ether oxygens (including phenoxy) is 2. The van der Waals surface area contributed by atoms with Gasteiger partial charge in [0, 0.05) is 35.6 Å². The predicted molar refractivity (Wildman–Crippen MR) is 155 cm³/mol. The Bertz CT molecular complexity index is 1500. The second kappa shape index (κ2) is 12.0. The summed E-state index contributed by atoms with van der Waals surface area (Å²) < 4.78 is 10.6. The number of imide groups is 1. The zero-order chi connectivity index (χ0) is 31.0. The Balaban J connectivity index is 1.48. The Morgan fingerprint density at radius 1 is 1.02 bits per heavy atom. The van der Waals surface area contributed by atoms with Crippen LogP contribution in [0, 0.1) is 23.7 Å². The first kappa shape index (κ1) is 30.0. The number of Topliss-reactive ketones (excluding diaryl/α,β-unsaturated/α-hetero) is 1. The molecule has 4 atom stereocenters. The van der Waals surface area contributed by atoms with Gasteiger partial charge in [-0.3, -0.25) is 28.9 Å². The topological polar surface area (TPSA) is 148 Å². The molecule has 10 heteroatoms. The summed E-state index contributed by atoms with van der Waals surface area (Å²) in [6.45, 7) is 1.85. The van der Waals surface area contributed by atoms with E-state index in [1.54, 1.807) is 25.1 Å². The minimum atomic E-state index is -0.878. The zero-order valence-electron chi connectivity index (χ0n) is 24.4. The number of rotatable bonds is 10. The number of aliphatic carboxylic acids is 1. The van der Waals surface area contributed by atoms with E-state index in [9.17, 15) is 29.1 Å². The fourth-order valence-electron chi connectivity index (χ4n) is 6.86. The van der Waals surface area contributed by atoms with Gasteiger partial charge >= 0.3 is 5.97 Å². The third kappa shape index (κ3) is 5.42. The number of carboxylic acid groups (broad SMARTS) is 1. The molecule has 1 fully saturated rings. The predicted octanol–water partition coefficient (Wildman–Crippen LogP) is 4.03. The monoisotopic (exact) mass is 589 g/mol. The van der Waals surface area contributed by atoms with Gasteiger partial charge in [0.1, 0.15) is 0 Å². The maximum atomic E-state index is 13.7. The minimum Gasteiger partial charge on any atom is -0.502 e. The van der Waals surface area contributed by atoms with E-state index in [2.05, 4.69) is 0 Å². The molecule has 1 aliphatic heterocycles. The lowest BCUT2D eigenvalue weighted by Crippen LogP contribution is -2.40. The van der Waals surface area contributed by atoms with Crippen LogP contribution in [0.5, 0.6) is 17.2 Å². The zero-order valence-corrected chi connectivity index (χ0v) is 24.4. The number of carbonyl (C=O) groups excluding carboxylic acids is 4. The van der Waals surface area contributed by atoms with Crippen LogP contribution in [-0.4, -0.2) is 65.2 Å². The van der Waals surface area contributed by atoms with Gasteiger partial charge < -0.3 is 19.7 Å². The Labute approximate surface area is 249 Å². The summed E-state index contributed by atoms with van der Waals surface area (Å²) in [5.41, 5.74) is 2.60. The Hall–Kier alpha value is -4.47. The number of carboxylic acids is 1. The summed E-state index contributed by atoms with van der Waals surface area (Å²) in [5.74, 6) is -3.78. The van der Waals surface area contributed by atoms with Crippen LogP contribution in [0.3, 0.4) is 0 Å². The van der Waals surface area contributed by atoms with Gasteiger partial charge in [-0.15, -0.1) is 0 Å². The largest absolute Gasteiger partial charge is 0.502 e. The summed E-state index contributed by atoms with van der Waals surface area (Å²) in [7, 11) is 2.85. The first-order valence-corrected chi connectivity index (χ1v) is 14.5. The number of unbranched alkanes of at least 4 members (excludes halogenated alkanes) is 2. The van der Waals surface area contributed by atoms with Crippen molar-refractivity contribution in [1.82, 2.24) is 4.90 Å². The second-order valence-electron chi connectivity index (χ2n) is 11.4. The quantitative estimate of drug-likeness (QED) is 0.179. The summed E-state index contributed by atoms with van der Waals surface area (Å²) >= 11 is 0. The number of amides is 2. The van der Waals surface area contributed by atoms with Crippen LogP contribution < -0.4 is 9.47 Å². The molecule has 2 N–H and O–H groups in total. The highest BCUT2D eigenvalue weighted by atomic mass is 16.5. The number of allylic oxidation sites excluding steroid dienone is 7. The molecule has 43 heavy (non-hydrogen) atoms. The van der Waals surface area contributed by atoms with Crippen molar-refractivity contribution in [2.75, 3.05) is 20.8 Å². The number of phenolic OH excluding ortho intramolecular Hbond substituents is 1. The summed E-state index contributed by atoms with van der Waals surface area (Å²) in [6, 6.07) is 3.25. The Morgan fingerprint density at radius 2 is 1.72 bits per heavy atom. The molecule has 1 heterocycles. The summed E-state index contributed by atoms with van der Waals surface area (Å²) in [5, 5.41) is 19.2. The molecule has 0 radical (unpaired) electrons. The third-order valence-corrected chi connectivity index (χ3v) is 8.96. The molecule has 5 rings (SSSR count). The Morgan fingerprint density at radius 3 is 2.37 bits per heavy atom. The SMILES string of the molecule is COc1cc(C=C[C@H]2C3=CC[C@@H]4C(=O)N(CCCCCC(=O)O)C(=O)[C@@H]4[C@@H]3CC3=C2C(=O)C(C)=CC3=O)cc(OC)c1O. The van der Waals surface area contributed by atoms with Crippen LogP contribution in [0.1, 0.15) is 51.0 Å². The molecule has 4 aliphatic rings. The summed E-state index contributed by atoms with van der Waals surface area (Å²) in [6.07, 6.45) is 9.06. The standard InChI is InChI=1S/C33H35NO9/c1-17-13-24(35)23-16-22-19(10-11-21-29(22)33(41)34(32(21)40)12-6-4-5-7-27(36)37)20(28(23)30(17)38)9-8-18-14-25(42-2)31(39)26(15-18)43-3/h8-10,13-15,20-22,29,39H,4-7,11-12,16H2,1-3H3,(H,36,37)/t20-,21-,22+,29-/m0/s1. The van der Waals surface area contributed by atoms with Gasteiger partial charge in [0.2, 0.25) is 17.6 Å². The van der Waals surface area contributed by atoms with Crippen molar-refractivity contribution >= 4 is 35.4 Å². The normalized spacial score (nSPS) is 25.0. The molecule has 10 nitrogen and oxygen atoms in total. The number of hydrogen-bond acceptors (Lipinski definition) is 8. The number of nitrogens with zero attached hydrogens (tertiary/aromatic N) is 1. The number of phenols is 1. The summed E-state index contributed by atoms with van der Waals surface area (Å²) in [4.78, 5) is 65.9. The molecule has 0 unspecified atom stereocenters. The maximum Gasteiger partial charge on any atom is 0.303 e. The molecule has 1 aromatic carbocycles. The van der Waals surface area contributed by atoms with Crippen molar-refractivity contribution in [3.8, 4) is 17.2 Å². The van der Waals surface area contributed by atoms with Crippen LogP contribution in [0.15, 0.2) is 52.7 Å². The van der Waals surface area contributed by atoms with E-state index in [-0.39, 0.29) is 60.0 Å². The highest BCUT2D eigenvalue weighted by Gasteiger charge is 2.55. The van der Waals surface area contributed by atoms with Gasteiger partial charge in [0.15, 0.2) is 23.1 Å². The Kier molecular flexibility index (Phi) is 8.39. The van der Waals surface area contributed by atoms with Crippen LogP contribution in [0.4, 0.5) is 0 Å². The molecular weight excluding hydrogens is 554 g/mol. The van der Waals surface area contributed by atoms with E-state index in [4.69, 9.17) is 14.6 Å². The van der Waals surface area contributed by atoms with E-state index in [1.807, 2.05) is 12.2 Å². The molecule has 0 aromatic heterocycles. The smallest absolute Gasteiger partial charge is 0.303 e. The second-order valence-corrected chi connectivity index (χ2v) is 11.4. The number of aromatic hydroxyl groups is 1. The van der Waals surface area contributed by atoms with Crippen molar-refractivity contribution in [2.45, 2.75) is 45.4 Å². The van der Waals surface area contributed by atoms with Gasteiger partial charge in [0.05, 0.1) is 26.1 Å². The number of methoxy groups -OCH3 is 2. The van der Waals surface area contributed by atoms with Crippen molar-refractivity contribution in [3.63, 3.8) is 0 Å². The van der Waals surface area contributed by atoms with E-state index < -0.39 is 29.6 Å². The van der Waals surface area contributed by atoms with Gasteiger partial charge in [-0.1, -0.05) is 30.2 Å². The van der Waals surface area contributed by atoms with Crippen molar-refractivity contribution in [3.05, 3.63) is 58.2 Å². The first-order valence-electron chi connectivity index (χ1n) is 14.5. The molecule has 0 spiro atoms. The van der Waals surface area contributed by atoms with E-state index in [0.717, 1.165) is 5.57 Å². The lowest BCUT2D eigenvalue weighted by atomic mass is 9.60. The van der Waals surface area contributed by atoms with Crippen molar-refractivity contribution in [1.29, 1.82) is 0 Å². The molecule has 1 aromatic rings. The highest BCUT2D eigenvalue weighted by molar-refractivity contribution is 6.23. The van der Waals surface area contributed by atoms with Crippen LogP contribution in [0.2, 0.25) is 0 Å². The number of likely N-dealkylation sites (tertiary alicyclic amines) is 1. The number of ketones is 2. The fourth-order valence-corrected chi connectivity index (χ4v) is 6.86. The highest BCUT2D eigenvalue weighted by Crippen LogP contribution is 2.52. The van der Waals surface area contributed by atoms with E-state index in [1.165, 1.54) is 25.2 Å². The number of benzene rings is 1. The van der Waals surface area contributed by atoms with Gasteiger partial charge in [-0.25, -0.2) is 0 Å². The minimum absolute atomic E-state index is 0.0409. The number of fused-ring (bicyclic) bond motifs is 3. The lowest BCUT2D eigenvalue weighted by Gasteiger charge is -2.41.